The number of aromatic amines is 1. The number of ether oxygens (including phenoxy) is 1. The number of nitrogens with two attached hydrogens (primary N) is 1. The SMILES string of the molecule is COC(=O)C(N)Cc1c[nH]c(C)n1. The number of nitrogens with one attached hydrogen (secondary N) is 1. The highest BCUT2D eigenvalue weighted by atomic mass is 16.5. The first-order valence-electron chi connectivity index (χ1n) is 3.97. The molecule has 72 valence electrons. The van der Waals surface area contributed by atoms with E-state index in [-0.39, 0.29) is 0 Å². The van der Waals surface area contributed by atoms with E-state index in [0.29, 0.717) is 6.42 Å². The first-order valence-corrected chi connectivity index (χ1v) is 3.97. The van der Waals surface area contributed by atoms with E-state index in [1.165, 1.54) is 7.11 Å². The van der Waals surface area contributed by atoms with Crippen LogP contribution in [0.25, 0.3) is 0 Å². The van der Waals surface area contributed by atoms with Crippen molar-refractivity contribution >= 4 is 5.97 Å². The van der Waals surface area contributed by atoms with Crippen LogP contribution in [0.4, 0.5) is 0 Å². The van der Waals surface area contributed by atoms with Gasteiger partial charge in [-0.05, 0) is 6.92 Å². The van der Waals surface area contributed by atoms with Crippen molar-refractivity contribution in [2.24, 2.45) is 5.73 Å². The van der Waals surface area contributed by atoms with Gasteiger partial charge in [0.05, 0.1) is 12.8 Å². The van der Waals surface area contributed by atoms with Gasteiger partial charge in [0.25, 0.3) is 0 Å². The molecular weight excluding hydrogens is 170 g/mol. The van der Waals surface area contributed by atoms with Crippen LogP contribution < -0.4 is 5.73 Å². The topological polar surface area (TPSA) is 81.0 Å². The number of hydrogen-bond acceptors (Lipinski definition) is 4. The molecule has 0 saturated heterocycles. The van der Waals surface area contributed by atoms with Crippen molar-refractivity contribution in [3.05, 3.63) is 17.7 Å². The third-order valence-electron chi connectivity index (χ3n) is 1.69. The third-order valence-corrected chi connectivity index (χ3v) is 1.69. The summed E-state index contributed by atoms with van der Waals surface area (Å²) in [6.07, 6.45) is 2.13. The molecule has 1 heterocycles. The molecular formula is C8H13N3O2. The van der Waals surface area contributed by atoms with Crippen LogP contribution in [0, 0.1) is 6.92 Å². The fraction of sp³-hybridized carbons (Fsp3) is 0.500. The lowest BCUT2D eigenvalue weighted by Crippen LogP contribution is -2.33. The molecule has 0 spiro atoms. The molecule has 0 radical (unpaired) electrons. The number of carbonyl (C=O) groups is 1. The summed E-state index contributed by atoms with van der Waals surface area (Å²) in [5, 5.41) is 0. The number of aryl methyl sites for hydroxylation is 1. The summed E-state index contributed by atoms with van der Waals surface area (Å²) in [5.41, 5.74) is 6.31. The van der Waals surface area contributed by atoms with Crippen molar-refractivity contribution < 1.29 is 9.53 Å². The molecule has 3 N–H and O–H groups in total. The van der Waals surface area contributed by atoms with Gasteiger partial charge in [-0.15, -0.1) is 0 Å². The van der Waals surface area contributed by atoms with Crippen molar-refractivity contribution in [2.45, 2.75) is 19.4 Å². The van der Waals surface area contributed by atoms with Crippen LogP contribution >= 0.6 is 0 Å². The Morgan fingerprint density at radius 2 is 2.54 bits per heavy atom. The van der Waals surface area contributed by atoms with Crippen LogP contribution in [0.2, 0.25) is 0 Å². The maximum atomic E-state index is 10.9. The Labute approximate surface area is 76.3 Å². The fourth-order valence-electron chi connectivity index (χ4n) is 1.03. The Bertz CT molecular complexity index is 295. The van der Waals surface area contributed by atoms with Gasteiger partial charge >= 0.3 is 5.97 Å². The van der Waals surface area contributed by atoms with Crippen molar-refractivity contribution in [3.8, 4) is 0 Å². The molecule has 1 aromatic heterocycles. The summed E-state index contributed by atoms with van der Waals surface area (Å²) in [7, 11) is 1.32. The molecule has 0 saturated carbocycles. The van der Waals surface area contributed by atoms with Gasteiger partial charge in [0, 0.05) is 12.6 Å². The number of carbonyl (C=O) groups excluding carboxylic acids is 1. The number of esters is 1. The summed E-state index contributed by atoms with van der Waals surface area (Å²) in [5.74, 6) is 0.396. The van der Waals surface area contributed by atoms with Crippen molar-refractivity contribution in [1.29, 1.82) is 0 Å². The second-order valence-electron chi connectivity index (χ2n) is 2.81. The van der Waals surface area contributed by atoms with Gasteiger partial charge in [-0.2, -0.15) is 0 Å². The zero-order valence-corrected chi connectivity index (χ0v) is 7.70. The van der Waals surface area contributed by atoms with Crippen molar-refractivity contribution in [2.75, 3.05) is 7.11 Å². The molecule has 0 aliphatic heterocycles. The molecule has 0 bridgehead atoms. The standard InChI is InChI=1S/C8H13N3O2/c1-5-10-4-6(11-5)3-7(9)8(12)13-2/h4,7H,3,9H2,1-2H3,(H,10,11). The summed E-state index contributed by atoms with van der Waals surface area (Å²) in [4.78, 5) is 18.0. The van der Waals surface area contributed by atoms with Gasteiger partial charge in [0.1, 0.15) is 11.9 Å². The molecule has 1 aromatic rings. The predicted octanol–water partition coefficient (Wildman–Crippen LogP) is -0.239. The summed E-state index contributed by atoms with van der Waals surface area (Å²) in [6, 6.07) is -0.632. The van der Waals surface area contributed by atoms with Crippen LogP contribution in [0.5, 0.6) is 0 Å². The van der Waals surface area contributed by atoms with Crippen LogP contribution in [-0.4, -0.2) is 29.1 Å². The molecule has 1 rings (SSSR count). The first-order chi connectivity index (χ1) is 6.13. The van der Waals surface area contributed by atoms with Crippen LogP contribution in [-0.2, 0) is 16.0 Å². The van der Waals surface area contributed by atoms with E-state index in [1.807, 2.05) is 6.92 Å². The largest absolute Gasteiger partial charge is 0.468 e. The molecule has 5 nitrogen and oxygen atoms in total. The zero-order chi connectivity index (χ0) is 9.84. The minimum atomic E-state index is -0.632. The molecule has 13 heavy (non-hydrogen) atoms. The third kappa shape index (κ3) is 2.55. The normalized spacial score (nSPS) is 12.5. The zero-order valence-electron chi connectivity index (χ0n) is 7.70. The Morgan fingerprint density at radius 3 is 3.00 bits per heavy atom. The van der Waals surface area contributed by atoms with Gasteiger partial charge in [0.2, 0.25) is 0 Å². The van der Waals surface area contributed by atoms with E-state index < -0.39 is 12.0 Å². The lowest BCUT2D eigenvalue weighted by Gasteiger charge is -2.05. The van der Waals surface area contributed by atoms with Crippen LogP contribution in [0.1, 0.15) is 11.5 Å². The van der Waals surface area contributed by atoms with Crippen LogP contribution in [0.15, 0.2) is 6.20 Å². The molecule has 0 fully saturated rings. The van der Waals surface area contributed by atoms with Gasteiger partial charge < -0.3 is 15.5 Å². The van der Waals surface area contributed by atoms with Crippen molar-refractivity contribution in [1.82, 2.24) is 9.97 Å². The number of methoxy groups -OCH3 is 1. The maximum Gasteiger partial charge on any atom is 0.323 e. The van der Waals surface area contributed by atoms with E-state index in [4.69, 9.17) is 5.73 Å². The Kier molecular flexibility index (Phi) is 3.02. The van der Waals surface area contributed by atoms with Gasteiger partial charge in [-0.25, -0.2) is 4.98 Å². The lowest BCUT2D eigenvalue weighted by molar-refractivity contribution is -0.142. The number of aromatic nitrogens is 2. The molecule has 0 aliphatic carbocycles. The highest BCUT2D eigenvalue weighted by Gasteiger charge is 2.15. The number of hydrogen-bond donors (Lipinski definition) is 2. The lowest BCUT2D eigenvalue weighted by atomic mass is 10.2. The van der Waals surface area contributed by atoms with E-state index in [2.05, 4.69) is 14.7 Å². The summed E-state index contributed by atoms with van der Waals surface area (Å²) in [6.45, 7) is 1.84. The van der Waals surface area contributed by atoms with Gasteiger partial charge in [-0.3, -0.25) is 4.79 Å². The molecule has 5 heteroatoms. The van der Waals surface area contributed by atoms with Gasteiger partial charge in [0.15, 0.2) is 0 Å². The molecule has 0 aromatic carbocycles. The van der Waals surface area contributed by atoms with Crippen molar-refractivity contribution in [3.63, 3.8) is 0 Å². The number of imidazole rings is 1. The number of nitrogens with zero attached hydrogens (tertiary/aromatic N) is 1. The second kappa shape index (κ2) is 4.04. The number of rotatable bonds is 3. The van der Waals surface area contributed by atoms with Crippen LogP contribution in [0.3, 0.4) is 0 Å². The quantitative estimate of drug-likeness (QED) is 0.634. The number of H-pyrrole nitrogens is 1. The van der Waals surface area contributed by atoms with E-state index in [9.17, 15) is 4.79 Å². The minimum Gasteiger partial charge on any atom is -0.468 e. The van der Waals surface area contributed by atoms with Gasteiger partial charge in [-0.1, -0.05) is 0 Å². The maximum absolute atomic E-state index is 10.9. The predicted molar refractivity (Wildman–Crippen MR) is 47.0 cm³/mol. The van der Waals surface area contributed by atoms with E-state index >= 15 is 0 Å². The second-order valence-corrected chi connectivity index (χ2v) is 2.81. The monoisotopic (exact) mass is 183 g/mol. The smallest absolute Gasteiger partial charge is 0.323 e. The molecule has 0 amide bonds. The highest BCUT2D eigenvalue weighted by molar-refractivity contribution is 5.75. The van der Waals surface area contributed by atoms with E-state index in [0.717, 1.165) is 11.5 Å². The summed E-state index contributed by atoms with van der Waals surface area (Å²) < 4.78 is 4.49. The highest BCUT2D eigenvalue weighted by Crippen LogP contribution is 2.00. The average molecular weight is 183 g/mol. The Balaban J connectivity index is 2.54. The molecule has 0 aliphatic rings. The Hall–Kier alpha value is -1.36. The molecule has 1 unspecified atom stereocenters. The first kappa shape index (κ1) is 9.73. The van der Waals surface area contributed by atoms with E-state index in [1.54, 1.807) is 6.20 Å². The molecule has 1 atom stereocenters. The average Bonchev–Trinajstić information content (AvgIpc) is 2.49. The summed E-state index contributed by atoms with van der Waals surface area (Å²) >= 11 is 0. The minimum absolute atomic E-state index is 0.400. The Morgan fingerprint density at radius 1 is 1.85 bits per heavy atom. The fourth-order valence-corrected chi connectivity index (χ4v) is 1.03.